The highest BCUT2D eigenvalue weighted by Crippen LogP contribution is 2.19. The summed E-state index contributed by atoms with van der Waals surface area (Å²) in [5, 5.41) is 0.941. The van der Waals surface area contributed by atoms with Crippen molar-refractivity contribution in [2.75, 3.05) is 18.8 Å². The maximum absolute atomic E-state index is 12.1. The number of hydrogen-bond donors (Lipinski definition) is 0. The lowest BCUT2D eigenvalue weighted by Gasteiger charge is -2.30. The third-order valence-corrected chi connectivity index (χ3v) is 4.47. The van der Waals surface area contributed by atoms with Crippen molar-refractivity contribution < 1.29 is 4.79 Å². The van der Waals surface area contributed by atoms with Crippen LogP contribution in [-0.2, 0) is 11.3 Å². The Bertz CT molecular complexity index is 397. The van der Waals surface area contributed by atoms with Gasteiger partial charge in [-0.25, -0.2) is 4.98 Å². The molecule has 0 unspecified atom stereocenters. The lowest BCUT2D eigenvalue weighted by atomic mass is 9.99. The molecule has 0 saturated carbocycles. The van der Waals surface area contributed by atoms with E-state index in [1.807, 2.05) is 11.1 Å². The van der Waals surface area contributed by atoms with E-state index in [0.717, 1.165) is 43.6 Å². The normalized spacial score (nSPS) is 17.1. The van der Waals surface area contributed by atoms with Crippen molar-refractivity contribution in [1.29, 1.82) is 0 Å². The topological polar surface area (TPSA) is 38.1 Å². The summed E-state index contributed by atoms with van der Waals surface area (Å²) in [4.78, 5) is 18.3. The summed E-state index contributed by atoms with van der Waals surface area (Å²) in [6, 6.07) is 0. The number of aryl methyl sites for hydroxylation is 1. The Kier molecular flexibility index (Phi) is 4.69. The molecule has 5 heteroatoms. The van der Waals surface area contributed by atoms with Crippen LogP contribution in [0.25, 0.3) is 0 Å². The summed E-state index contributed by atoms with van der Waals surface area (Å²) in [5.74, 6) is 1.52. The summed E-state index contributed by atoms with van der Waals surface area (Å²) in [6.45, 7) is 7.08. The fraction of sp³-hybridized carbons (Fsp3) is 0.692. The van der Waals surface area contributed by atoms with Crippen molar-refractivity contribution >= 4 is 17.7 Å². The number of carbonyl (C=O) groups excluding carboxylic acids is 1. The third kappa shape index (κ3) is 3.28. The van der Waals surface area contributed by atoms with Gasteiger partial charge in [0, 0.05) is 32.0 Å². The Morgan fingerprint density at radius 1 is 1.50 bits per heavy atom. The number of imidazole rings is 1. The molecule has 1 aliphatic heterocycles. The first kappa shape index (κ1) is 13.5. The highest BCUT2D eigenvalue weighted by Gasteiger charge is 2.20. The number of likely N-dealkylation sites (tertiary alicyclic amines) is 1. The van der Waals surface area contributed by atoms with Crippen molar-refractivity contribution in [3.63, 3.8) is 0 Å². The number of amides is 1. The third-order valence-electron chi connectivity index (χ3n) is 3.48. The van der Waals surface area contributed by atoms with E-state index in [-0.39, 0.29) is 5.91 Å². The van der Waals surface area contributed by atoms with Crippen molar-refractivity contribution in [1.82, 2.24) is 14.5 Å². The molecule has 1 aromatic rings. The average molecular weight is 267 g/mol. The smallest absolute Gasteiger partial charge is 0.233 e. The minimum atomic E-state index is 0.248. The number of rotatable bonds is 4. The average Bonchev–Trinajstić information content (AvgIpc) is 2.84. The molecule has 100 valence electrons. The predicted octanol–water partition coefficient (Wildman–Crippen LogP) is 2.25. The minimum Gasteiger partial charge on any atom is -0.342 e. The molecular weight excluding hydrogens is 246 g/mol. The monoisotopic (exact) mass is 267 g/mol. The van der Waals surface area contributed by atoms with Crippen LogP contribution in [0.1, 0.15) is 26.7 Å². The molecule has 0 aliphatic carbocycles. The first-order chi connectivity index (χ1) is 8.70. The van der Waals surface area contributed by atoms with Gasteiger partial charge in [-0.1, -0.05) is 18.7 Å². The highest BCUT2D eigenvalue weighted by molar-refractivity contribution is 7.99. The van der Waals surface area contributed by atoms with Crippen LogP contribution >= 0.6 is 11.8 Å². The second kappa shape index (κ2) is 6.27. The summed E-state index contributed by atoms with van der Waals surface area (Å²) < 4.78 is 2.07. The number of piperidine rings is 1. The summed E-state index contributed by atoms with van der Waals surface area (Å²) in [6.07, 6.45) is 6.02. The number of thioether (sulfide) groups is 1. The molecule has 0 bridgehead atoms. The Labute approximate surface area is 113 Å². The molecule has 2 heterocycles. The van der Waals surface area contributed by atoms with E-state index in [4.69, 9.17) is 0 Å². The number of carbonyl (C=O) groups is 1. The highest BCUT2D eigenvalue weighted by atomic mass is 32.2. The van der Waals surface area contributed by atoms with Gasteiger partial charge in [0.15, 0.2) is 5.16 Å². The first-order valence-corrected chi connectivity index (χ1v) is 7.61. The Hall–Kier alpha value is -0.970. The molecule has 1 amide bonds. The number of aromatic nitrogens is 2. The largest absolute Gasteiger partial charge is 0.342 e. The van der Waals surface area contributed by atoms with Gasteiger partial charge in [0.25, 0.3) is 0 Å². The van der Waals surface area contributed by atoms with Gasteiger partial charge in [-0.05, 0) is 25.7 Å². The fourth-order valence-corrected chi connectivity index (χ4v) is 3.08. The van der Waals surface area contributed by atoms with Gasteiger partial charge < -0.3 is 9.47 Å². The van der Waals surface area contributed by atoms with Crippen LogP contribution in [0.3, 0.4) is 0 Å². The Morgan fingerprint density at radius 3 is 2.89 bits per heavy atom. The zero-order chi connectivity index (χ0) is 13.0. The van der Waals surface area contributed by atoms with E-state index >= 15 is 0 Å². The van der Waals surface area contributed by atoms with Crippen LogP contribution in [-0.4, -0.2) is 39.2 Å². The second-order valence-corrected chi connectivity index (χ2v) is 5.79. The summed E-state index contributed by atoms with van der Waals surface area (Å²) >= 11 is 1.54. The van der Waals surface area contributed by atoms with E-state index in [0.29, 0.717) is 5.75 Å². The molecular formula is C13H21N3OS. The SMILES string of the molecule is CCn1ccnc1SCC(=O)N1CCC(C)CC1. The minimum absolute atomic E-state index is 0.248. The molecule has 0 atom stereocenters. The molecule has 2 rings (SSSR count). The lowest BCUT2D eigenvalue weighted by molar-refractivity contribution is -0.129. The molecule has 1 fully saturated rings. The van der Waals surface area contributed by atoms with Crippen LogP contribution in [0.4, 0.5) is 0 Å². The van der Waals surface area contributed by atoms with Crippen molar-refractivity contribution in [2.24, 2.45) is 5.92 Å². The van der Waals surface area contributed by atoms with Gasteiger partial charge in [0.05, 0.1) is 5.75 Å². The van der Waals surface area contributed by atoms with E-state index in [1.165, 1.54) is 0 Å². The molecule has 0 spiro atoms. The zero-order valence-corrected chi connectivity index (χ0v) is 11.9. The molecule has 1 aliphatic rings. The molecule has 1 aromatic heterocycles. The van der Waals surface area contributed by atoms with Gasteiger partial charge in [-0.15, -0.1) is 0 Å². The van der Waals surface area contributed by atoms with Crippen LogP contribution < -0.4 is 0 Å². The van der Waals surface area contributed by atoms with Gasteiger partial charge in [-0.3, -0.25) is 4.79 Å². The quantitative estimate of drug-likeness (QED) is 0.785. The van der Waals surface area contributed by atoms with Crippen LogP contribution in [0.15, 0.2) is 17.6 Å². The number of hydrogen-bond acceptors (Lipinski definition) is 3. The molecule has 0 aromatic carbocycles. The van der Waals surface area contributed by atoms with Crippen molar-refractivity contribution in [3.05, 3.63) is 12.4 Å². The maximum atomic E-state index is 12.1. The van der Waals surface area contributed by atoms with Crippen molar-refractivity contribution in [2.45, 2.75) is 38.4 Å². The van der Waals surface area contributed by atoms with Crippen LogP contribution in [0.2, 0.25) is 0 Å². The van der Waals surface area contributed by atoms with E-state index in [2.05, 4.69) is 23.4 Å². The predicted molar refractivity (Wildman–Crippen MR) is 73.6 cm³/mol. The van der Waals surface area contributed by atoms with Gasteiger partial charge in [0.2, 0.25) is 5.91 Å². The molecule has 0 N–H and O–H groups in total. The second-order valence-electron chi connectivity index (χ2n) is 4.85. The van der Waals surface area contributed by atoms with Gasteiger partial charge >= 0.3 is 0 Å². The fourth-order valence-electron chi connectivity index (χ4n) is 2.15. The Morgan fingerprint density at radius 2 is 2.22 bits per heavy atom. The first-order valence-electron chi connectivity index (χ1n) is 6.62. The van der Waals surface area contributed by atoms with Gasteiger partial charge in [-0.2, -0.15) is 0 Å². The lowest BCUT2D eigenvalue weighted by Crippen LogP contribution is -2.38. The van der Waals surface area contributed by atoms with Crippen LogP contribution in [0.5, 0.6) is 0 Å². The van der Waals surface area contributed by atoms with Crippen LogP contribution in [0, 0.1) is 5.92 Å². The molecule has 0 radical (unpaired) electrons. The molecule has 18 heavy (non-hydrogen) atoms. The van der Waals surface area contributed by atoms with E-state index in [1.54, 1.807) is 18.0 Å². The maximum Gasteiger partial charge on any atom is 0.233 e. The van der Waals surface area contributed by atoms with Gasteiger partial charge in [0.1, 0.15) is 0 Å². The molecule has 4 nitrogen and oxygen atoms in total. The zero-order valence-electron chi connectivity index (χ0n) is 11.1. The standard InChI is InChI=1S/C13H21N3OS/c1-3-15-9-6-14-13(15)18-10-12(17)16-7-4-11(2)5-8-16/h6,9,11H,3-5,7-8,10H2,1-2H3. The Balaban J connectivity index is 1.81. The van der Waals surface area contributed by atoms with E-state index < -0.39 is 0 Å². The summed E-state index contributed by atoms with van der Waals surface area (Å²) in [5.41, 5.74) is 0. The number of nitrogens with zero attached hydrogens (tertiary/aromatic N) is 3. The molecule has 1 saturated heterocycles. The summed E-state index contributed by atoms with van der Waals surface area (Å²) in [7, 11) is 0. The van der Waals surface area contributed by atoms with E-state index in [9.17, 15) is 4.79 Å². The van der Waals surface area contributed by atoms with Crippen molar-refractivity contribution in [3.8, 4) is 0 Å².